The van der Waals surface area contributed by atoms with Crippen molar-refractivity contribution in [2.45, 2.75) is 76.4 Å². The summed E-state index contributed by atoms with van der Waals surface area (Å²) in [4.78, 5) is 0. The highest BCUT2D eigenvalue weighted by atomic mass is 16.7. The Labute approximate surface area is 146 Å². The van der Waals surface area contributed by atoms with Gasteiger partial charge in [0.15, 0.2) is 0 Å². The Balaban J connectivity index is 1.64. The lowest BCUT2D eigenvalue weighted by atomic mass is 9.73. The maximum absolute atomic E-state index is 6.32. The zero-order chi connectivity index (χ0) is 16.9. The largest absolute Gasteiger partial charge is 0.495 e. The average molecular weight is 327 g/mol. The van der Waals surface area contributed by atoms with Crippen LogP contribution < -0.4 is 10.8 Å². The van der Waals surface area contributed by atoms with Gasteiger partial charge in [0.1, 0.15) is 0 Å². The van der Waals surface area contributed by atoms with Crippen molar-refractivity contribution in [2.75, 3.05) is 13.1 Å². The molecule has 0 radical (unpaired) electrons. The first-order valence-corrected chi connectivity index (χ1v) is 9.57. The molecule has 3 fully saturated rings. The molecule has 0 spiro atoms. The summed E-state index contributed by atoms with van der Waals surface area (Å²) in [7, 11) is -0.229. The molecule has 4 rings (SSSR count). The van der Waals surface area contributed by atoms with E-state index in [2.05, 4.69) is 51.2 Å². The molecular weight excluding hydrogens is 297 g/mol. The lowest BCUT2D eigenvalue weighted by molar-refractivity contribution is 0.00578. The molecule has 1 aromatic rings. The first kappa shape index (κ1) is 16.6. The molecular formula is C20H30BNO2. The van der Waals surface area contributed by atoms with Crippen molar-refractivity contribution in [2.24, 2.45) is 0 Å². The van der Waals surface area contributed by atoms with Crippen LogP contribution in [0.2, 0.25) is 0 Å². The molecule has 3 aliphatic rings. The molecule has 0 atom stereocenters. The standard InChI is InChI=1S/C20H30BNO2/c1-19(2)20(3,4)24-21(23-19)18-8-7-16(13-17(18)15-5-6-15)14-9-11-22-12-10-14/h7-8,13-15,22H,5-6,9-12H2,1-4H3. The van der Waals surface area contributed by atoms with Gasteiger partial charge in [-0.3, -0.25) is 0 Å². The van der Waals surface area contributed by atoms with Crippen LogP contribution in [0.3, 0.4) is 0 Å². The molecule has 2 aliphatic heterocycles. The van der Waals surface area contributed by atoms with Crippen LogP contribution in [0.5, 0.6) is 0 Å². The van der Waals surface area contributed by atoms with Crippen LogP contribution in [-0.4, -0.2) is 31.4 Å². The van der Waals surface area contributed by atoms with E-state index in [-0.39, 0.29) is 18.3 Å². The SMILES string of the molecule is CC1(C)OB(c2ccc(C3CCNCC3)cc2C2CC2)OC1(C)C. The maximum Gasteiger partial charge on any atom is 0.495 e. The summed E-state index contributed by atoms with van der Waals surface area (Å²) in [5.41, 5.74) is 3.70. The summed E-state index contributed by atoms with van der Waals surface area (Å²) in [6.45, 7) is 10.8. The fraction of sp³-hybridized carbons (Fsp3) is 0.700. The number of rotatable bonds is 3. The third kappa shape index (κ3) is 2.93. The number of hydrogen-bond donors (Lipinski definition) is 1. The molecule has 0 bridgehead atoms. The minimum absolute atomic E-state index is 0.229. The second-order valence-electron chi connectivity index (χ2n) is 8.78. The van der Waals surface area contributed by atoms with Gasteiger partial charge in [0.25, 0.3) is 0 Å². The number of hydrogen-bond acceptors (Lipinski definition) is 3. The Bertz CT molecular complexity index is 602. The molecule has 2 saturated heterocycles. The van der Waals surface area contributed by atoms with Gasteiger partial charge < -0.3 is 14.6 Å². The van der Waals surface area contributed by atoms with Crippen molar-refractivity contribution >= 4 is 12.6 Å². The van der Waals surface area contributed by atoms with E-state index in [1.165, 1.54) is 42.3 Å². The highest BCUT2D eigenvalue weighted by Crippen LogP contribution is 2.42. The van der Waals surface area contributed by atoms with Gasteiger partial charge >= 0.3 is 7.12 Å². The van der Waals surface area contributed by atoms with E-state index in [4.69, 9.17) is 9.31 Å². The van der Waals surface area contributed by atoms with E-state index in [1.54, 1.807) is 0 Å². The lowest BCUT2D eigenvalue weighted by Gasteiger charge is -2.32. The Morgan fingerprint density at radius 1 is 0.917 bits per heavy atom. The minimum atomic E-state index is -0.272. The maximum atomic E-state index is 6.32. The average Bonchev–Trinajstić information content (AvgIpc) is 3.35. The second-order valence-corrected chi connectivity index (χ2v) is 8.78. The predicted octanol–water partition coefficient (Wildman–Crippen LogP) is 3.33. The molecule has 3 nitrogen and oxygen atoms in total. The predicted molar refractivity (Wildman–Crippen MR) is 99.0 cm³/mol. The summed E-state index contributed by atoms with van der Waals surface area (Å²) in [5.74, 6) is 1.41. The minimum Gasteiger partial charge on any atom is -0.399 e. The highest BCUT2D eigenvalue weighted by molar-refractivity contribution is 6.62. The summed E-state index contributed by atoms with van der Waals surface area (Å²) >= 11 is 0. The van der Waals surface area contributed by atoms with Gasteiger partial charge in [0.05, 0.1) is 11.2 Å². The van der Waals surface area contributed by atoms with Gasteiger partial charge in [0.2, 0.25) is 0 Å². The van der Waals surface area contributed by atoms with Gasteiger partial charge in [-0.05, 0) is 94.9 Å². The second kappa shape index (κ2) is 5.86. The van der Waals surface area contributed by atoms with Gasteiger partial charge in [-0.25, -0.2) is 0 Å². The van der Waals surface area contributed by atoms with Gasteiger partial charge in [-0.2, -0.15) is 0 Å². The summed E-state index contributed by atoms with van der Waals surface area (Å²) in [6, 6.07) is 7.07. The topological polar surface area (TPSA) is 30.5 Å². The molecule has 0 unspecified atom stereocenters. The third-order valence-electron chi connectivity index (χ3n) is 6.45. The number of piperidine rings is 1. The summed E-state index contributed by atoms with van der Waals surface area (Å²) in [6.07, 6.45) is 5.12. The van der Waals surface area contributed by atoms with Crippen molar-refractivity contribution < 1.29 is 9.31 Å². The number of benzene rings is 1. The highest BCUT2D eigenvalue weighted by Gasteiger charge is 2.52. The smallest absolute Gasteiger partial charge is 0.399 e. The van der Waals surface area contributed by atoms with E-state index in [9.17, 15) is 0 Å². The fourth-order valence-corrected chi connectivity index (χ4v) is 3.93. The van der Waals surface area contributed by atoms with Crippen molar-refractivity contribution in [3.8, 4) is 0 Å². The zero-order valence-electron chi connectivity index (χ0n) is 15.5. The Kier molecular flexibility index (Phi) is 4.06. The van der Waals surface area contributed by atoms with Crippen molar-refractivity contribution in [3.05, 3.63) is 29.3 Å². The van der Waals surface area contributed by atoms with Gasteiger partial charge in [0, 0.05) is 0 Å². The molecule has 1 aromatic carbocycles. The van der Waals surface area contributed by atoms with E-state index in [0.29, 0.717) is 11.8 Å². The molecule has 2 heterocycles. The van der Waals surface area contributed by atoms with Crippen molar-refractivity contribution in [1.82, 2.24) is 5.32 Å². The molecule has 1 aliphatic carbocycles. The van der Waals surface area contributed by atoms with Crippen molar-refractivity contribution in [3.63, 3.8) is 0 Å². The van der Waals surface area contributed by atoms with Gasteiger partial charge in [-0.15, -0.1) is 0 Å². The Morgan fingerprint density at radius 2 is 1.54 bits per heavy atom. The van der Waals surface area contributed by atoms with Gasteiger partial charge in [-0.1, -0.05) is 18.2 Å². The van der Waals surface area contributed by atoms with Crippen LogP contribution in [0, 0.1) is 0 Å². The van der Waals surface area contributed by atoms with E-state index in [0.717, 1.165) is 13.1 Å². The summed E-state index contributed by atoms with van der Waals surface area (Å²) in [5, 5.41) is 3.47. The normalized spacial score (nSPS) is 26.8. The van der Waals surface area contributed by atoms with Crippen LogP contribution >= 0.6 is 0 Å². The first-order valence-electron chi connectivity index (χ1n) is 9.57. The molecule has 130 valence electrons. The molecule has 1 N–H and O–H groups in total. The Morgan fingerprint density at radius 3 is 2.12 bits per heavy atom. The zero-order valence-corrected chi connectivity index (χ0v) is 15.5. The Hall–Kier alpha value is -0.835. The van der Waals surface area contributed by atoms with Crippen LogP contribution in [0.1, 0.15) is 76.3 Å². The van der Waals surface area contributed by atoms with Crippen molar-refractivity contribution in [1.29, 1.82) is 0 Å². The molecule has 0 aromatic heterocycles. The van der Waals surface area contributed by atoms with E-state index >= 15 is 0 Å². The van der Waals surface area contributed by atoms with Crippen LogP contribution in [-0.2, 0) is 9.31 Å². The molecule has 0 amide bonds. The van der Waals surface area contributed by atoms with Crippen LogP contribution in [0.25, 0.3) is 0 Å². The third-order valence-corrected chi connectivity index (χ3v) is 6.45. The molecule has 1 saturated carbocycles. The quantitative estimate of drug-likeness (QED) is 0.864. The lowest BCUT2D eigenvalue weighted by Crippen LogP contribution is -2.41. The van der Waals surface area contributed by atoms with Crippen LogP contribution in [0.4, 0.5) is 0 Å². The monoisotopic (exact) mass is 327 g/mol. The summed E-state index contributed by atoms with van der Waals surface area (Å²) < 4.78 is 12.6. The van der Waals surface area contributed by atoms with E-state index in [1.807, 2.05) is 0 Å². The molecule has 24 heavy (non-hydrogen) atoms. The van der Waals surface area contributed by atoms with Crippen LogP contribution in [0.15, 0.2) is 18.2 Å². The van der Waals surface area contributed by atoms with E-state index < -0.39 is 0 Å². The molecule has 4 heteroatoms. The first-order chi connectivity index (χ1) is 11.4. The number of nitrogens with one attached hydrogen (secondary N) is 1. The fourth-order valence-electron chi connectivity index (χ4n) is 3.93.